The molecule has 0 aliphatic carbocycles. The second-order valence-electron chi connectivity index (χ2n) is 9.78. The van der Waals surface area contributed by atoms with Crippen LogP contribution in [0, 0.1) is 5.92 Å². The van der Waals surface area contributed by atoms with Gasteiger partial charge in [-0.2, -0.15) is 26.3 Å². The lowest BCUT2D eigenvalue weighted by atomic mass is 9.74. The van der Waals surface area contributed by atoms with Gasteiger partial charge in [-0.05, 0) is 73.7 Å². The van der Waals surface area contributed by atoms with Crippen LogP contribution in [0.25, 0.3) is 5.83 Å². The van der Waals surface area contributed by atoms with E-state index in [0.717, 1.165) is 12.0 Å². The van der Waals surface area contributed by atoms with Gasteiger partial charge in [0, 0.05) is 17.5 Å². The number of fused-ring (bicyclic) bond motifs is 3. The molecule has 0 N–H and O–H groups in total. The molecule has 3 aromatic carbocycles. The summed E-state index contributed by atoms with van der Waals surface area (Å²) in [7, 11) is 0. The summed E-state index contributed by atoms with van der Waals surface area (Å²) in [6.07, 6.45) is -5.58. The Morgan fingerprint density at radius 3 is 1.79 bits per heavy atom. The minimum absolute atomic E-state index is 0.0833. The minimum Gasteiger partial charge on any atom is -0.299 e. The topological polar surface area (TPSA) is 3.24 Å². The summed E-state index contributed by atoms with van der Waals surface area (Å²) in [5.74, 6) is 0.799. The van der Waals surface area contributed by atoms with E-state index in [1.165, 1.54) is 43.5 Å². The van der Waals surface area contributed by atoms with Crippen molar-refractivity contribution in [2.75, 3.05) is 13.1 Å². The van der Waals surface area contributed by atoms with E-state index in [1.54, 1.807) is 6.07 Å². The Kier molecular flexibility index (Phi) is 8.31. The Morgan fingerprint density at radius 2 is 1.29 bits per heavy atom. The predicted molar refractivity (Wildman–Crippen MR) is 134 cm³/mol. The Morgan fingerprint density at radius 1 is 0.737 bits per heavy atom. The van der Waals surface area contributed by atoms with Crippen molar-refractivity contribution in [3.8, 4) is 0 Å². The Bertz CT molecular complexity index is 1200. The van der Waals surface area contributed by atoms with E-state index >= 15 is 0 Å². The first-order chi connectivity index (χ1) is 17.9. The second kappa shape index (κ2) is 11.3. The maximum atomic E-state index is 13.7. The van der Waals surface area contributed by atoms with Gasteiger partial charge in [-0.15, -0.1) is 0 Å². The third-order valence-electron chi connectivity index (χ3n) is 7.31. The van der Waals surface area contributed by atoms with Gasteiger partial charge in [0.1, 0.15) is 5.83 Å². The van der Waals surface area contributed by atoms with Gasteiger partial charge in [-0.3, -0.25) is 4.90 Å². The third kappa shape index (κ3) is 6.65. The quantitative estimate of drug-likeness (QED) is 0.302. The van der Waals surface area contributed by atoms with Crippen molar-refractivity contribution in [2.45, 2.75) is 43.6 Å². The van der Waals surface area contributed by atoms with E-state index < -0.39 is 23.5 Å². The van der Waals surface area contributed by atoms with E-state index in [4.69, 9.17) is 0 Å². The molecule has 0 saturated carbocycles. The summed E-state index contributed by atoms with van der Waals surface area (Å²) in [6.45, 7) is 5.88. The molecule has 6 rings (SSSR count). The molecular formula is C30H28F7N. The second-order valence-corrected chi connectivity index (χ2v) is 9.78. The van der Waals surface area contributed by atoms with Crippen molar-refractivity contribution < 1.29 is 30.7 Å². The van der Waals surface area contributed by atoms with E-state index in [0.29, 0.717) is 29.7 Å². The molecule has 3 saturated heterocycles. The molecule has 1 nitrogen and oxygen atoms in total. The molecule has 202 valence electrons. The van der Waals surface area contributed by atoms with Gasteiger partial charge >= 0.3 is 12.4 Å². The molecule has 0 spiro atoms. The molecule has 0 radical (unpaired) electrons. The largest absolute Gasteiger partial charge is 0.416 e. The zero-order valence-electron chi connectivity index (χ0n) is 20.6. The molecule has 0 aromatic heterocycles. The molecule has 2 atom stereocenters. The number of piperidine rings is 3. The van der Waals surface area contributed by atoms with Crippen LogP contribution in [0.5, 0.6) is 0 Å². The highest BCUT2D eigenvalue weighted by Crippen LogP contribution is 2.42. The average Bonchev–Trinajstić information content (AvgIpc) is 2.90. The van der Waals surface area contributed by atoms with Gasteiger partial charge in [-0.1, -0.05) is 61.2 Å². The monoisotopic (exact) mass is 535 g/mol. The van der Waals surface area contributed by atoms with Crippen molar-refractivity contribution in [3.63, 3.8) is 0 Å². The Balaban J connectivity index is 0.000000206. The number of hydrogen-bond donors (Lipinski definition) is 0. The van der Waals surface area contributed by atoms with Crippen LogP contribution in [0.1, 0.15) is 53.0 Å². The highest BCUT2D eigenvalue weighted by molar-refractivity contribution is 5.58. The zero-order chi connectivity index (χ0) is 27.5. The van der Waals surface area contributed by atoms with Crippen molar-refractivity contribution in [3.05, 3.63) is 113 Å². The van der Waals surface area contributed by atoms with Gasteiger partial charge in [-0.25, -0.2) is 4.39 Å². The van der Waals surface area contributed by atoms with E-state index in [2.05, 4.69) is 47.9 Å². The smallest absolute Gasteiger partial charge is 0.299 e. The fourth-order valence-electron chi connectivity index (χ4n) is 5.43. The first-order valence-electron chi connectivity index (χ1n) is 12.4. The molecule has 3 fully saturated rings. The number of halogens is 7. The van der Waals surface area contributed by atoms with Crippen LogP contribution >= 0.6 is 0 Å². The summed E-state index contributed by atoms with van der Waals surface area (Å²) in [6, 6.07) is 21.1. The number of nitrogens with zero attached hydrogens (tertiary/aromatic N) is 1. The van der Waals surface area contributed by atoms with Gasteiger partial charge in [0.15, 0.2) is 0 Å². The van der Waals surface area contributed by atoms with Crippen LogP contribution in [-0.2, 0) is 12.4 Å². The molecule has 2 bridgehead atoms. The molecule has 3 aliphatic rings. The average molecular weight is 536 g/mol. The summed E-state index contributed by atoms with van der Waals surface area (Å²) >= 11 is 0. The molecule has 3 aliphatic heterocycles. The van der Waals surface area contributed by atoms with Crippen molar-refractivity contribution in [1.29, 1.82) is 0 Å². The fraction of sp³-hybridized carbons (Fsp3) is 0.333. The molecule has 8 heteroatoms. The van der Waals surface area contributed by atoms with Gasteiger partial charge in [0.05, 0.1) is 11.1 Å². The maximum Gasteiger partial charge on any atom is 0.416 e. The normalized spacial score (nSPS) is 21.8. The summed E-state index contributed by atoms with van der Waals surface area (Å²) in [4.78, 5) is 2.65. The van der Waals surface area contributed by atoms with Crippen LogP contribution in [0.3, 0.4) is 0 Å². The molecule has 38 heavy (non-hydrogen) atoms. The number of alkyl halides is 6. The van der Waals surface area contributed by atoms with Crippen molar-refractivity contribution in [1.82, 2.24) is 4.90 Å². The molecule has 2 unspecified atom stereocenters. The Labute approximate surface area is 217 Å². The lowest BCUT2D eigenvalue weighted by molar-refractivity contribution is -0.143. The van der Waals surface area contributed by atoms with Gasteiger partial charge in [0.2, 0.25) is 0 Å². The minimum atomic E-state index is -4.75. The molecule has 3 heterocycles. The molecular weight excluding hydrogens is 507 g/mol. The van der Waals surface area contributed by atoms with Gasteiger partial charge in [0.25, 0.3) is 0 Å². The lowest BCUT2D eigenvalue weighted by Gasteiger charge is -2.48. The lowest BCUT2D eigenvalue weighted by Crippen LogP contribution is -2.51. The van der Waals surface area contributed by atoms with E-state index in [9.17, 15) is 30.7 Å². The zero-order valence-corrected chi connectivity index (χ0v) is 20.6. The molecule has 0 amide bonds. The van der Waals surface area contributed by atoms with Crippen LogP contribution < -0.4 is 0 Å². The van der Waals surface area contributed by atoms with Crippen LogP contribution in [0.15, 0.2) is 85.4 Å². The van der Waals surface area contributed by atoms with E-state index in [1.807, 2.05) is 12.1 Å². The van der Waals surface area contributed by atoms with Gasteiger partial charge < -0.3 is 0 Å². The highest BCUT2D eigenvalue weighted by Gasteiger charge is 2.39. The van der Waals surface area contributed by atoms with Crippen LogP contribution in [0.4, 0.5) is 30.7 Å². The van der Waals surface area contributed by atoms with Crippen LogP contribution in [-0.4, -0.2) is 24.0 Å². The Hall–Kier alpha value is -3.13. The third-order valence-corrected chi connectivity index (χ3v) is 7.31. The number of rotatable bonds is 4. The number of benzene rings is 3. The fourth-order valence-corrected chi connectivity index (χ4v) is 5.43. The van der Waals surface area contributed by atoms with Crippen molar-refractivity contribution in [2.24, 2.45) is 5.92 Å². The van der Waals surface area contributed by atoms with Crippen LogP contribution in [0.2, 0.25) is 0 Å². The molecule has 3 aromatic rings. The summed E-state index contributed by atoms with van der Waals surface area (Å²) in [5, 5.41) is 0. The highest BCUT2D eigenvalue weighted by atomic mass is 19.4. The standard InChI is InChI=1S/C22H24FN.C8H4F6/c1-16(23)19-8-5-9-20(15-19)22(18-6-3-2-4-7-18)21-14-17-10-12-24(21)13-11-17;9-7(10,11)5-2-1-3-6(4-5)8(12,13)14/h2-9,15,17,21-22H,1,10-14H2;1-4H. The summed E-state index contributed by atoms with van der Waals surface area (Å²) < 4.78 is 85.6. The SMILES string of the molecule is C=C(F)c1cccc(C(c2ccccc2)C2CC3CCN2CC3)c1.FC(F)(F)c1cccc(C(F)(F)F)c1. The van der Waals surface area contributed by atoms with E-state index in [-0.39, 0.29) is 11.9 Å². The maximum absolute atomic E-state index is 13.7. The number of hydrogen-bond acceptors (Lipinski definition) is 1. The summed E-state index contributed by atoms with van der Waals surface area (Å²) in [5.41, 5.74) is 0.538. The first-order valence-corrected chi connectivity index (χ1v) is 12.4. The van der Waals surface area contributed by atoms with Crippen molar-refractivity contribution >= 4 is 5.83 Å². The predicted octanol–water partition coefficient (Wildman–Crippen LogP) is 8.97. The first kappa shape index (κ1) is 27.9.